The van der Waals surface area contributed by atoms with E-state index in [4.69, 9.17) is 5.73 Å². The molecule has 0 aromatic rings. The van der Waals surface area contributed by atoms with E-state index in [1.165, 1.54) is 44.9 Å². The number of unbranched alkanes of at least 4 members (excludes halogenated alkanes) is 8. The predicted octanol–water partition coefficient (Wildman–Crippen LogP) is 2.74. The van der Waals surface area contributed by atoms with Gasteiger partial charge in [-0.15, -0.1) is 0 Å². The number of primary amides is 1. The molecule has 2 N–H and O–H groups in total. The molecular formula is C12H26KNO. The summed E-state index contributed by atoms with van der Waals surface area (Å²) in [6.07, 6.45) is 12.1. The molecule has 0 aromatic carbocycles. The van der Waals surface area contributed by atoms with Crippen molar-refractivity contribution >= 4 is 57.3 Å². The second-order valence-electron chi connectivity index (χ2n) is 4.04. The zero-order valence-electron chi connectivity index (χ0n) is 9.56. The third kappa shape index (κ3) is 17.7. The summed E-state index contributed by atoms with van der Waals surface area (Å²) < 4.78 is 0. The van der Waals surface area contributed by atoms with Crippen LogP contribution in [0.4, 0.5) is 0 Å². The zero-order valence-corrected chi connectivity index (χ0v) is 9.56. The fourth-order valence-corrected chi connectivity index (χ4v) is 1.61. The van der Waals surface area contributed by atoms with Crippen molar-refractivity contribution in [1.29, 1.82) is 0 Å². The SMILES string of the molecule is CCCCCCCCCCCC(N)=O.[KH]. The average Bonchev–Trinajstić information content (AvgIpc) is 2.15. The molecular weight excluding hydrogens is 213 g/mol. The second-order valence-corrected chi connectivity index (χ2v) is 4.04. The van der Waals surface area contributed by atoms with Gasteiger partial charge in [0.05, 0.1) is 0 Å². The summed E-state index contributed by atoms with van der Waals surface area (Å²) >= 11 is 0. The van der Waals surface area contributed by atoms with Crippen LogP contribution in [-0.2, 0) is 4.79 Å². The van der Waals surface area contributed by atoms with Gasteiger partial charge < -0.3 is 5.73 Å². The number of amides is 1. The predicted molar refractivity (Wildman–Crippen MR) is 68.2 cm³/mol. The van der Waals surface area contributed by atoms with Gasteiger partial charge in [-0.05, 0) is 6.42 Å². The molecule has 0 aliphatic carbocycles. The molecule has 0 aliphatic rings. The standard InChI is InChI=1S/C12H25NO.K.H/c1-2-3-4-5-6-7-8-9-10-11-12(13)14;;/h2-11H2,1H3,(H2,13,14);;. The third-order valence-corrected chi connectivity index (χ3v) is 2.53. The maximum absolute atomic E-state index is 10.4. The number of rotatable bonds is 10. The van der Waals surface area contributed by atoms with Crippen LogP contribution in [0.25, 0.3) is 0 Å². The Morgan fingerprint density at radius 3 is 1.67 bits per heavy atom. The van der Waals surface area contributed by atoms with E-state index in [0.29, 0.717) is 6.42 Å². The quantitative estimate of drug-likeness (QED) is 0.462. The minimum atomic E-state index is -0.159. The van der Waals surface area contributed by atoms with E-state index >= 15 is 0 Å². The molecule has 0 bridgehead atoms. The minimum absolute atomic E-state index is 0. The Balaban J connectivity index is 0. The fourth-order valence-electron chi connectivity index (χ4n) is 1.61. The Bertz CT molecular complexity index is 140. The van der Waals surface area contributed by atoms with Crippen LogP contribution < -0.4 is 5.73 Å². The van der Waals surface area contributed by atoms with Crippen molar-refractivity contribution in [3.63, 3.8) is 0 Å². The topological polar surface area (TPSA) is 43.1 Å². The molecule has 0 saturated carbocycles. The van der Waals surface area contributed by atoms with Gasteiger partial charge in [0, 0.05) is 6.42 Å². The third-order valence-electron chi connectivity index (χ3n) is 2.53. The van der Waals surface area contributed by atoms with Crippen LogP contribution in [0.2, 0.25) is 0 Å². The first-order valence-electron chi connectivity index (χ1n) is 6.05. The first kappa shape index (κ1) is 18.5. The van der Waals surface area contributed by atoms with Gasteiger partial charge in [0.15, 0.2) is 0 Å². The van der Waals surface area contributed by atoms with Gasteiger partial charge in [0.2, 0.25) is 5.91 Å². The number of hydrogen-bond acceptors (Lipinski definition) is 1. The number of hydrogen-bond donors (Lipinski definition) is 1. The van der Waals surface area contributed by atoms with Crippen molar-refractivity contribution in [2.45, 2.75) is 71.1 Å². The summed E-state index contributed by atoms with van der Waals surface area (Å²) in [4.78, 5) is 10.4. The van der Waals surface area contributed by atoms with Crippen molar-refractivity contribution in [2.75, 3.05) is 0 Å². The summed E-state index contributed by atoms with van der Waals surface area (Å²) in [5, 5.41) is 0. The molecule has 0 saturated heterocycles. The molecule has 86 valence electrons. The molecule has 0 heterocycles. The van der Waals surface area contributed by atoms with E-state index in [9.17, 15) is 4.79 Å². The van der Waals surface area contributed by atoms with Crippen LogP contribution in [0.5, 0.6) is 0 Å². The molecule has 0 radical (unpaired) electrons. The Morgan fingerprint density at radius 1 is 0.867 bits per heavy atom. The molecule has 0 fully saturated rings. The summed E-state index contributed by atoms with van der Waals surface area (Å²) in [5.41, 5.74) is 5.05. The van der Waals surface area contributed by atoms with Gasteiger partial charge in [-0.1, -0.05) is 58.3 Å². The second kappa shape index (κ2) is 15.1. The number of carbonyl (C=O) groups excluding carboxylic acids is 1. The van der Waals surface area contributed by atoms with Crippen molar-refractivity contribution in [3.05, 3.63) is 0 Å². The van der Waals surface area contributed by atoms with E-state index in [0.717, 1.165) is 12.8 Å². The average molecular weight is 239 g/mol. The van der Waals surface area contributed by atoms with Crippen LogP contribution in [0, 0.1) is 0 Å². The number of carbonyl (C=O) groups is 1. The Kier molecular flexibility index (Phi) is 18.6. The normalized spacial score (nSPS) is 9.67. The van der Waals surface area contributed by atoms with Gasteiger partial charge in [0.25, 0.3) is 0 Å². The molecule has 1 amide bonds. The van der Waals surface area contributed by atoms with Crippen molar-refractivity contribution in [2.24, 2.45) is 5.73 Å². The van der Waals surface area contributed by atoms with Gasteiger partial charge in [-0.2, -0.15) is 0 Å². The van der Waals surface area contributed by atoms with Crippen LogP contribution >= 0.6 is 0 Å². The van der Waals surface area contributed by atoms with E-state index in [2.05, 4.69) is 6.92 Å². The molecule has 0 rings (SSSR count). The van der Waals surface area contributed by atoms with Crippen molar-refractivity contribution in [3.8, 4) is 0 Å². The van der Waals surface area contributed by atoms with Crippen molar-refractivity contribution in [1.82, 2.24) is 0 Å². The van der Waals surface area contributed by atoms with E-state index in [1.807, 2.05) is 0 Å². The Labute approximate surface area is 137 Å². The summed E-state index contributed by atoms with van der Waals surface area (Å²) in [6.45, 7) is 2.24. The fraction of sp³-hybridized carbons (Fsp3) is 0.917. The summed E-state index contributed by atoms with van der Waals surface area (Å²) in [6, 6.07) is 0. The first-order chi connectivity index (χ1) is 6.77. The molecule has 2 nitrogen and oxygen atoms in total. The van der Waals surface area contributed by atoms with Crippen LogP contribution in [0.15, 0.2) is 0 Å². The molecule has 0 spiro atoms. The van der Waals surface area contributed by atoms with Gasteiger partial charge in [0.1, 0.15) is 0 Å². The zero-order chi connectivity index (χ0) is 10.6. The van der Waals surface area contributed by atoms with Crippen LogP contribution in [0.3, 0.4) is 0 Å². The van der Waals surface area contributed by atoms with Gasteiger partial charge in [-0.25, -0.2) is 0 Å². The number of nitrogens with two attached hydrogens (primary N) is 1. The molecule has 0 unspecified atom stereocenters. The van der Waals surface area contributed by atoms with Crippen LogP contribution in [0.1, 0.15) is 71.1 Å². The van der Waals surface area contributed by atoms with E-state index in [1.54, 1.807) is 0 Å². The molecule has 0 aliphatic heterocycles. The van der Waals surface area contributed by atoms with Gasteiger partial charge >= 0.3 is 51.4 Å². The molecule has 0 aromatic heterocycles. The maximum atomic E-state index is 10.4. The van der Waals surface area contributed by atoms with Gasteiger partial charge in [-0.3, -0.25) is 4.79 Å². The molecule has 0 atom stereocenters. The van der Waals surface area contributed by atoms with E-state index < -0.39 is 0 Å². The Morgan fingerprint density at radius 2 is 1.27 bits per heavy atom. The van der Waals surface area contributed by atoms with E-state index in [-0.39, 0.29) is 57.3 Å². The van der Waals surface area contributed by atoms with Crippen LogP contribution in [-0.4, -0.2) is 57.3 Å². The summed E-state index contributed by atoms with van der Waals surface area (Å²) in [7, 11) is 0. The van der Waals surface area contributed by atoms with Crippen molar-refractivity contribution < 1.29 is 4.79 Å². The summed E-state index contributed by atoms with van der Waals surface area (Å²) in [5.74, 6) is -0.159. The molecule has 15 heavy (non-hydrogen) atoms. The monoisotopic (exact) mass is 239 g/mol. The Hall–Kier alpha value is 1.11. The first-order valence-corrected chi connectivity index (χ1v) is 6.05. The molecule has 3 heteroatoms.